The van der Waals surface area contributed by atoms with E-state index in [1.165, 1.54) is 0 Å². The van der Waals surface area contributed by atoms with Crippen LogP contribution in [0.4, 0.5) is 0 Å². The van der Waals surface area contributed by atoms with Gasteiger partial charge in [0, 0.05) is 43.6 Å². The molecule has 0 aliphatic carbocycles. The first-order valence-corrected chi connectivity index (χ1v) is 9.05. The summed E-state index contributed by atoms with van der Waals surface area (Å²) in [6.07, 6.45) is 5.13. The van der Waals surface area contributed by atoms with E-state index in [0.717, 1.165) is 23.7 Å². The highest BCUT2D eigenvalue weighted by Crippen LogP contribution is 2.33. The molecule has 3 aromatic rings. The lowest BCUT2D eigenvalue weighted by Crippen LogP contribution is -2.37. The maximum atomic E-state index is 12.7. The third kappa shape index (κ3) is 3.36. The van der Waals surface area contributed by atoms with Crippen LogP contribution in [0, 0.1) is 5.41 Å². The number of imidazole rings is 1. The molecule has 1 aliphatic heterocycles. The van der Waals surface area contributed by atoms with Gasteiger partial charge in [-0.15, -0.1) is 0 Å². The third-order valence-electron chi connectivity index (χ3n) is 5.40. The molecule has 1 aromatic carbocycles. The molecule has 0 bridgehead atoms. The number of hydrogen-bond donors (Lipinski definition) is 2. The SMILES string of the molecule is COc1ccc2cc(-c3nccn3CC3(CO)CCOCC3)c(=O)[nH]c2c1. The highest BCUT2D eigenvalue weighted by molar-refractivity contribution is 5.83. The van der Waals surface area contributed by atoms with Gasteiger partial charge in [0.15, 0.2) is 0 Å². The van der Waals surface area contributed by atoms with E-state index >= 15 is 0 Å². The smallest absolute Gasteiger partial charge is 0.259 e. The molecule has 2 aromatic heterocycles. The summed E-state index contributed by atoms with van der Waals surface area (Å²) >= 11 is 0. The summed E-state index contributed by atoms with van der Waals surface area (Å²) in [4.78, 5) is 20.0. The van der Waals surface area contributed by atoms with Gasteiger partial charge in [-0.25, -0.2) is 4.98 Å². The topological polar surface area (TPSA) is 89.4 Å². The van der Waals surface area contributed by atoms with Crippen LogP contribution in [-0.4, -0.2) is 46.6 Å². The Kier molecular flexibility index (Phi) is 4.72. The van der Waals surface area contributed by atoms with Crippen molar-refractivity contribution < 1.29 is 14.6 Å². The Morgan fingerprint density at radius 1 is 1.33 bits per heavy atom. The first-order chi connectivity index (χ1) is 13.1. The largest absolute Gasteiger partial charge is 0.497 e. The van der Waals surface area contributed by atoms with Crippen LogP contribution in [0.1, 0.15) is 12.8 Å². The van der Waals surface area contributed by atoms with Crippen molar-refractivity contribution in [2.45, 2.75) is 19.4 Å². The van der Waals surface area contributed by atoms with E-state index in [2.05, 4.69) is 9.97 Å². The molecule has 0 saturated carbocycles. The Morgan fingerprint density at radius 2 is 2.15 bits per heavy atom. The molecule has 1 saturated heterocycles. The van der Waals surface area contributed by atoms with Gasteiger partial charge in [-0.3, -0.25) is 4.79 Å². The first-order valence-electron chi connectivity index (χ1n) is 9.05. The predicted octanol–water partition coefficient (Wildman–Crippen LogP) is 2.19. The minimum absolute atomic E-state index is 0.0852. The molecule has 0 spiro atoms. The standard InChI is InChI=1S/C20H23N3O4/c1-26-15-3-2-14-10-16(19(25)22-17(14)11-15)18-21-6-7-23(18)12-20(13-24)4-8-27-9-5-20/h2-3,6-7,10-11,24H,4-5,8-9,12-13H2,1H3,(H,22,25). The van der Waals surface area contributed by atoms with Crippen molar-refractivity contribution in [3.63, 3.8) is 0 Å². The van der Waals surface area contributed by atoms with Crippen LogP contribution in [0.3, 0.4) is 0 Å². The second kappa shape index (κ2) is 7.17. The highest BCUT2D eigenvalue weighted by Gasteiger charge is 2.33. The van der Waals surface area contributed by atoms with Gasteiger partial charge in [-0.1, -0.05) is 0 Å². The van der Waals surface area contributed by atoms with Gasteiger partial charge >= 0.3 is 0 Å². The number of methoxy groups -OCH3 is 1. The maximum Gasteiger partial charge on any atom is 0.259 e. The van der Waals surface area contributed by atoms with Gasteiger partial charge in [0.2, 0.25) is 0 Å². The van der Waals surface area contributed by atoms with E-state index in [4.69, 9.17) is 9.47 Å². The Balaban J connectivity index is 1.73. The number of aromatic nitrogens is 3. The molecule has 7 nitrogen and oxygen atoms in total. The average Bonchev–Trinajstić information content (AvgIpc) is 3.15. The fraction of sp³-hybridized carbons (Fsp3) is 0.400. The summed E-state index contributed by atoms with van der Waals surface area (Å²) in [5.74, 6) is 1.30. The van der Waals surface area contributed by atoms with Crippen molar-refractivity contribution in [1.29, 1.82) is 0 Å². The summed E-state index contributed by atoms with van der Waals surface area (Å²) < 4.78 is 12.6. The zero-order valence-electron chi connectivity index (χ0n) is 15.3. The van der Waals surface area contributed by atoms with Crippen molar-refractivity contribution in [2.75, 3.05) is 26.9 Å². The molecule has 1 fully saturated rings. The number of aliphatic hydroxyl groups is 1. The van der Waals surface area contributed by atoms with Gasteiger partial charge in [-0.05, 0) is 36.4 Å². The van der Waals surface area contributed by atoms with Gasteiger partial charge in [-0.2, -0.15) is 0 Å². The summed E-state index contributed by atoms with van der Waals surface area (Å²) in [6.45, 7) is 1.97. The molecule has 0 unspecified atom stereocenters. The average molecular weight is 369 g/mol. The zero-order chi connectivity index (χ0) is 18.9. The lowest BCUT2D eigenvalue weighted by molar-refractivity contribution is -0.0250. The number of H-pyrrole nitrogens is 1. The summed E-state index contributed by atoms with van der Waals surface area (Å²) in [5, 5.41) is 10.9. The fourth-order valence-corrected chi connectivity index (χ4v) is 3.69. The number of nitrogens with zero attached hydrogens (tertiary/aromatic N) is 2. The minimum Gasteiger partial charge on any atom is -0.497 e. The van der Waals surface area contributed by atoms with E-state index in [-0.39, 0.29) is 17.6 Å². The van der Waals surface area contributed by atoms with Gasteiger partial charge < -0.3 is 24.1 Å². The Labute approximate surface area is 156 Å². The number of fused-ring (bicyclic) bond motifs is 1. The van der Waals surface area contributed by atoms with E-state index < -0.39 is 0 Å². The molecule has 0 atom stereocenters. The maximum absolute atomic E-state index is 12.7. The monoisotopic (exact) mass is 369 g/mol. The van der Waals surface area contributed by atoms with Crippen molar-refractivity contribution >= 4 is 10.9 Å². The lowest BCUT2D eigenvalue weighted by atomic mass is 9.81. The number of aliphatic hydroxyl groups excluding tert-OH is 1. The second-order valence-electron chi connectivity index (χ2n) is 7.11. The number of benzene rings is 1. The van der Waals surface area contributed by atoms with Crippen LogP contribution in [-0.2, 0) is 11.3 Å². The van der Waals surface area contributed by atoms with Crippen LogP contribution in [0.25, 0.3) is 22.3 Å². The number of aromatic amines is 1. The molecule has 3 heterocycles. The Bertz CT molecular complexity index is 1000. The Morgan fingerprint density at radius 3 is 2.89 bits per heavy atom. The van der Waals surface area contributed by atoms with Crippen LogP contribution < -0.4 is 10.3 Å². The molecule has 4 rings (SSSR count). The van der Waals surface area contributed by atoms with E-state index in [1.807, 2.05) is 29.0 Å². The van der Waals surface area contributed by atoms with E-state index in [0.29, 0.717) is 36.9 Å². The molecular formula is C20H23N3O4. The summed E-state index contributed by atoms with van der Waals surface area (Å²) in [5.41, 5.74) is 0.786. The van der Waals surface area contributed by atoms with Crippen LogP contribution in [0.15, 0.2) is 41.5 Å². The fourth-order valence-electron chi connectivity index (χ4n) is 3.69. The molecule has 0 amide bonds. The van der Waals surface area contributed by atoms with Crippen LogP contribution >= 0.6 is 0 Å². The predicted molar refractivity (Wildman–Crippen MR) is 102 cm³/mol. The molecule has 0 radical (unpaired) electrons. The van der Waals surface area contributed by atoms with Crippen molar-refractivity contribution in [3.8, 4) is 17.1 Å². The van der Waals surface area contributed by atoms with Crippen LogP contribution in [0.5, 0.6) is 5.75 Å². The molecule has 7 heteroatoms. The summed E-state index contributed by atoms with van der Waals surface area (Å²) in [6, 6.07) is 7.42. The number of rotatable bonds is 5. The quantitative estimate of drug-likeness (QED) is 0.720. The molecule has 2 N–H and O–H groups in total. The number of pyridine rings is 1. The highest BCUT2D eigenvalue weighted by atomic mass is 16.5. The Hall–Kier alpha value is -2.64. The van der Waals surface area contributed by atoms with Gasteiger partial charge in [0.1, 0.15) is 11.6 Å². The zero-order valence-corrected chi connectivity index (χ0v) is 15.3. The molecule has 1 aliphatic rings. The van der Waals surface area contributed by atoms with E-state index in [9.17, 15) is 9.90 Å². The number of ether oxygens (including phenoxy) is 2. The summed E-state index contributed by atoms with van der Waals surface area (Å²) in [7, 11) is 1.59. The van der Waals surface area contributed by atoms with Crippen LogP contribution in [0.2, 0.25) is 0 Å². The van der Waals surface area contributed by atoms with E-state index in [1.54, 1.807) is 19.4 Å². The van der Waals surface area contributed by atoms with Crippen molar-refractivity contribution in [2.24, 2.45) is 5.41 Å². The van der Waals surface area contributed by atoms with Gasteiger partial charge in [0.05, 0.1) is 24.8 Å². The third-order valence-corrected chi connectivity index (χ3v) is 5.40. The first kappa shape index (κ1) is 17.8. The second-order valence-corrected chi connectivity index (χ2v) is 7.11. The molecular weight excluding hydrogens is 346 g/mol. The number of nitrogens with one attached hydrogen (secondary N) is 1. The van der Waals surface area contributed by atoms with Crippen molar-refractivity contribution in [1.82, 2.24) is 14.5 Å². The molecule has 142 valence electrons. The minimum atomic E-state index is -0.245. The van der Waals surface area contributed by atoms with Gasteiger partial charge in [0.25, 0.3) is 5.56 Å². The van der Waals surface area contributed by atoms with Crippen molar-refractivity contribution in [3.05, 3.63) is 47.0 Å². The normalized spacial score (nSPS) is 16.5. The number of hydrogen-bond acceptors (Lipinski definition) is 5. The lowest BCUT2D eigenvalue weighted by Gasteiger charge is -2.36. The molecule has 27 heavy (non-hydrogen) atoms.